The topological polar surface area (TPSA) is 70.7 Å². The van der Waals surface area contributed by atoms with Crippen molar-refractivity contribution in [1.29, 1.82) is 0 Å². The third-order valence-electron chi connectivity index (χ3n) is 5.18. The van der Waals surface area contributed by atoms with Crippen LogP contribution in [0.1, 0.15) is 19.3 Å². The lowest BCUT2D eigenvalue weighted by molar-refractivity contribution is -0.136. The summed E-state index contributed by atoms with van der Waals surface area (Å²) in [6.45, 7) is 2.75. The minimum atomic E-state index is -0.657. The van der Waals surface area contributed by atoms with Crippen LogP contribution < -0.4 is 15.4 Å². The Balaban J connectivity index is 1.40. The molecule has 2 aliphatic heterocycles. The Morgan fingerprint density at radius 3 is 2.65 bits per heavy atom. The number of methoxy groups -OCH3 is 1. The molecule has 2 aliphatic rings. The Labute approximate surface area is 159 Å². The summed E-state index contributed by atoms with van der Waals surface area (Å²) in [7, 11) is 1.53. The zero-order valence-electron chi connectivity index (χ0n) is 15.2. The number of rotatable bonds is 5. The fraction of sp³-hybridized carbons (Fsp3) is 0.579. The predicted molar refractivity (Wildman–Crippen MR) is 105 cm³/mol. The Kier molecular flexibility index (Phi) is 6.80. The predicted octanol–water partition coefficient (Wildman–Crippen LogP) is 1.97. The molecule has 1 unspecified atom stereocenters. The van der Waals surface area contributed by atoms with Crippen LogP contribution in [0.5, 0.6) is 5.75 Å². The van der Waals surface area contributed by atoms with Gasteiger partial charge in [-0.2, -0.15) is 11.8 Å². The zero-order chi connectivity index (χ0) is 18.4. The van der Waals surface area contributed by atoms with E-state index in [0.717, 1.165) is 32.0 Å². The highest BCUT2D eigenvalue weighted by atomic mass is 32.2. The standard InChI is InChI=1S/C19H27N3O3S/c1-25-17-5-3-2-4-16(17)21-19(24)18(23)20-12-14-6-9-22(10-7-14)15-8-11-26-13-15/h2-5,14-15H,6-13H2,1H3,(H,20,23)(H,21,24). The van der Waals surface area contributed by atoms with Crippen LogP contribution in [0, 0.1) is 5.92 Å². The molecule has 1 aromatic rings. The lowest BCUT2D eigenvalue weighted by Crippen LogP contribution is -2.45. The van der Waals surface area contributed by atoms with E-state index in [2.05, 4.69) is 15.5 Å². The molecular formula is C19H27N3O3S. The van der Waals surface area contributed by atoms with Crippen LogP contribution in [0.4, 0.5) is 5.69 Å². The molecule has 0 saturated carbocycles. The van der Waals surface area contributed by atoms with Gasteiger partial charge in [0.05, 0.1) is 12.8 Å². The van der Waals surface area contributed by atoms with Crippen LogP contribution in [0.2, 0.25) is 0 Å². The molecule has 26 heavy (non-hydrogen) atoms. The van der Waals surface area contributed by atoms with Crippen molar-refractivity contribution in [3.63, 3.8) is 0 Å². The highest BCUT2D eigenvalue weighted by Gasteiger charge is 2.27. The van der Waals surface area contributed by atoms with Gasteiger partial charge in [-0.15, -0.1) is 0 Å². The van der Waals surface area contributed by atoms with Crippen molar-refractivity contribution in [2.75, 3.05) is 43.6 Å². The second-order valence-corrected chi connectivity index (χ2v) is 8.01. The first-order valence-electron chi connectivity index (χ1n) is 9.21. The molecule has 0 radical (unpaired) electrons. The van der Waals surface area contributed by atoms with Gasteiger partial charge in [0, 0.05) is 18.3 Å². The highest BCUT2D eigenvalue weighted by molar-refractivity contribution is 7.99. The molecule has 2 N–H and O–H groups in total. The Bertz CT molecular complexity index is 626. The molecule has 6 nitrogen and oxygen atoms in total. The number of nitrogens with one attached hydrogen (secondary N) is 2. The van der Waals surface area contributed by atoms with Gasteiger partial charge in [0.25, 0.3) is 0 Å². The molecule has 0 aromatic heterocycles. The van der Waals surface area contributed by atoms with Gasteiger partial charge in [0.15, 0.2) is 0 Å². The summed E-state index contributed by atoms with van der Waals surface area (Å²) >= 11 is 2.05. The molecule has 0 spiro atoms. The first kappa shape index (κ1) is 19.0. The molecule has 2 fully saturated rings. The average Bonchev–Trinajstić information content (AvgIpc) is 3.21. The molecule has 0 aliphatic carbocycles. The van der Waals surface area contributed by atoms with E-state index in [4.69, 9.17) is 4.74 Å². The van der Waals surface area contributed by atoms with Gasteiger partial charge in [0.1, 0.15) is 5.75 Å². The fourth-order valence-electron chi connectivity index (χ4n) is 3.58. The maximum Gasteiger partial charge on any atom is 0.313 e. The summed E-state index contributed by atoms with van der Waals surface area (Å²) in [5.74, 6) is 2.27. The second kappa shape index (κ2) is 9.28. The van der Waals surface area contributed by atoms with Crippen LogP contribution in [0.25, 0.3) is 0 Å². The number of amides is 2. The van der Waals surface area contributed by atoms with Crippen molar-refractivity contribution in [2.24, 2.45) is 5.92 Å². The van der Waals surface area contributed by atoms with Gasteiger partial charge in [-0.25, -0.2) is 0 Å². The smallest absolute Gasteiger partial charge is 0.313 e. The highest BCUT2D eigenvalue weighted by Crippen LogP contribution is 2.26. The number of anilines is 1. The molecular weight excluding hydrogens is 350 g/mol. The van der Waals surface area contributed by atoms with Crippen molar-refractivity contribution in [3.8, 4) is 5.75 Å². The number of para-hydroxylation sites is 2. The van der Waals surface area contributed by atoms with Crippen molar-refractivity contribution >= 4 is 29.3 Å². The minimum Gasteiger partial charge on any atom is -0.495 e. The number of piperidine rings is 1. The Hall–Kier alpha value is -1.73. The SMILES string of the molecule is COc1ccccc1NC(=O)C(=O)NCC1CCN(C2CCSC2)CC1. The average molecular weight is 378 g/mol. The van der Waals surface area contributed by atoms with Crippen LogP contribution in [-0.4, -0.2) is 61.0 Å². The first-order valence-corrected chi connectivity index (χ1v) is 10.4. The maximum absolute atomic E-state index is 12.1. The number of hydrogen-bond acceptors (Lipinski definition) is 5. The monoisotopic (exact) mass is 377 g/mol. The summed E-state index contributed by atoms with van der Waals surface area (Å²) in [4.78, 5) is 26.8. The lowest BCUT2D eigenvalue weighted by atomic mass is 9.95. The molecule has 2 saturated heterocycles. The van der Waals surface area contributed by atoms with E-state index in [-0.39, 0.29) is 0 Å². The van der Waals surface area contributed by atoms with Crippen LogP contribution in [-0.2, 0) is 9.59 Å². The van der Waals surface area contributed by atoms with Crippen LogP contribution in [0.3, 0.4) is 0 Å². The van der Waals surface area contributed by atoms with Gasteiger partial charge in [0.2, 0.25) is 0 Å². The van der Waals surface area contributed by atoms with E-state index < -0.39 is 11.8 Å². The van der Waals surface area contributed by atoms with E-state index in [1.165, 1.54) is 25.0 Å². The second-order valence-electron chi connectivity index (χ2n) is 6.86. The van der Waals surface area contributed by atoms with E-state index in [0.29, 0.717) is 23.9 Å². The fourth-order valence-corrected chi connectivity index (χ4v) is 4.83. The van der Waals surface area contributed by atoms with Crippen LogP contribution >= 0.6 is 11.8 Å². The third-order valence-corrected chi connectivity index (χ3v) is 6.33. The van der Waals surface area contributed by atoms with Crippen molar-refractivity contribution in [3.05, 3.63) is 24.3 Å². The van der Waals surface area contributed by atoms with Crippen molar-refractivity contribution in [2.45, 2.75) is 25.3 Å². The van der Waals surface area contributed by atoms with Crippen LogP contribution in [0.15, 0.2) is 24.3 Å². The number of thioether (sulfide) groups is 1. The first-order chi connectivity index (χ1) is 12.7. The van der Waals surface area contributed by atoms with Gasteiger partial charge < -0.3 is 15.4 Å². The van der Waals surface area contributed by atoms with E-state index in [9.17, 15) is 9.59 Å². The van der Waals surface area contributed by atoms with Crippen molar-refractivity contribution in [1.82, 2.24) is 10.2 Å². The van der Waals surface area contributed by atoms with Crippen molar-refractivity contribution < 1.29 is 14.3 Å². The molecule has 1 aromatic carbocycles. The van der Waals surface area contributed by atoms with Gasteiger partial charge >= 0.3 is 11.8 Å². The number of hydrogen-bond donors (Lipinski definition) is 2. The molecule has 2 amide bonds. The summed E-state index contributed by atoms with van der Waals surface area (Å²) in [5.41, 5.74) is 0.498. The molecule has 142 valence electrons. The van der Waals surface area contributed by atoms with E-state index in [1.54, 1.807) is 18.2 Å². The van der Waals surface area contributed by atoms with Gasteiger partial charge in [-0.3, -0.25) is 14.5 Å². The molecule has 7 heteroatoms. The number of likely N-dealkylation sites (tertiary alicyclic amines) is 1. The van der Waals surface area contributed by atoms with Gasteiger partial charge in [-0.05, 0) is 56.2 Å². The zero-order valence-corrected chi connectivity index (χ0v) is 16.0. The van der Waals surface area contributed by atoms with E-state index in [1.807, 2.05) is 17.8 Å². The largest absolute Gasteiger partial charge is 0.495 e. The summed E-state index contributed by atoms with van der Waals surface area (Å²) in [6, 6.07) is 7.78. The number of nitrogens with zero attached hydrogens (tertiary/aromatic N) is 1. The molecule has 2 heterocycles. The lowest BCUT2D eigenvalue weighted by Gasteiger charge is -2.35. The van der Waals surface area contributed by atoms with Gasteiger partial charge in [-0.1, -0.05) is 12.1 Å². The number of benzene rings is 1. The molecule has 0 bridgehead atoms. The summed E-state index contributed by atoms with van der Waals surface area (Å²) < 4.78 is 5.18. The third kappa shape index (κ3) is 4.92. The molecule has 1 atom stereocenters. The van der Waals surface area contributed by atoms with E-state index >= 15 is 0 Å². The number of carbonyl (C=O) groups excluding carboxylic acids is 2. The summed E-state index contributed by atoms with van der Waals surface area (Å²) in [5, 5.41) is 5.39. The Morgan fingerprint density at radius 1 is 1.19 bits per heavy atom. The number of carbonyl (C=O) groups is 2. The summed E-state index contributed by atoms with van der Waals surface area (Å²) in [6.07, 6.45) is 3.46. The quantitative estimate of drug-likeness (QED) is 0.768. The number of ether oxygens (including phenoxy) is 1. The molecule has 3 rings (SSSR count). The Morgan fingerprint density at radius 2 is 1.96 bits per heavy atom. The maximum atomic E-state index is 12.1. The minimum absolute atomic E-state index is 0.448. The normalized spacial score (nSPS) is 21.3.